The van der Waals surface area contributed by atoms with Crippen molar-refractivity contribution in [1.29, 1.82) is 0 Å². The van der Waals surface area contributed by atoms with E-state index in [9.17, 15) is 13.2 Å². The second kappa shape index (κ2) is 11.7. The Bertz CT molecular complexity index is 724. The van der Waals surface area contributed by atoms with E-state index >= 15 is 0 Å². The van der Waals surface area contributed by atoms with Crippen LogP contribution in [0, 0.1) is 0 Å². The predicted molar refractivity (Wildman–Crippen MR) is 114 cm³/mol. The maximum atomic E-state index is 12.1. The van der Waals surface area contributed by atoms with Gasteiger partial charge < -0.3 is 15.4 Å². The summed E-state index contributed by atoms with van der Waals surface area (Å²) in [5, 5.41) is 6.49. The zero-order valence-electron chi connectivity index (χ0n) is 15.7. The van der Waals surface area contributed by atoms with Crippen LogP contribution in [-0.2, 0) is 6.54 Å². The number of aliphatic imine (C=N–C) groups is 1. The van der Waals surface area contributed by atoms with Gasteiger partial charge in [-0.3, -0.25) is 0 Å². The smallest absolute Gasteiger partial charge is 0.422 e. The Morgan fingerprint density at radius 1 is 1.18 bits per heavy atom. The van der Waals surface area contributed by atoms with Gasteiger partial charge in [-0.05, 0) is 25.0 Å². The van der Waals surface area contributed by atoms with Crippen molar-refractivity contribution in [2.75, 3.05) is 13.2 Å². The molecule has 2 aromatic rings. The quantitative estimate of drug-likeness (QED) is 0.330. The lowest BCUT2D eigenvalue weighted by Gasteiger charge is -2.18. The third-order valence-corrected chi connectivity index (χ3v) is 3.60. The van der Waals surface area contributed by atoms with Crippen molar-refractivity contribution in [2.24, 2.45) is 4.99 Å². The Morgan fingerprint density at radius 2 is 1.89 bits per heavy atom. The summed E-state index contributed by atoms with van der Waals surface area (Å²) >= 11 is 0. The highest BCUT2D eigenvalue weighted by atomic mass is 127. The number of halogens is 4. The van der Waals surface area contributed by atoms with Crippen LogP contribution in [-0.4, -0.2) is 30.3 Å². The summed E-state index contributed by atoms with van der Waals surface area (Å²) in [7, 11) is 0. The molecule has 9 heteroatoms. The SMILES string of the molecule is CCNC(=NCc1ccc(OCC(F)(F)F)nc1)NC(C)c1ccccc1.I. The standard InChI is InChI=1S/C19H23F3N4O.HI/c1-3-23-18(26-14(2)16-7-5-4-6-8-16)25-12-15-9-10-17(24-11-15)27-13-19(20,21)22;/h4-11,14H,3,12-13H2,1-2H3,(H2,23,25,26);1H. The molecular formula is C19H24F3IN4O. The zero-order valence-corrected chi connectivity index (χ0v) is 18.0. The molecule has 0 amide bonds. The number of alkyl halides is 3. The second-order valence-corrected chi connectivity index (χ2v) is 5.88. The predicted octanol–water partition coefficient (Wildman–Crippen LogP) is 4.46. The maximum absolute atomic E-state index is 12.1. The minimum atomic E-state index is -4.38. The lowest BCUT2D eigenvalue weighted by molar-refractivity contribution is -0.154. The van der Waals surface area contributed by atoms with E-state index in [4.69, 9.17) is 0 Å². The normalized spacial score (nSPS) is 12.7. The highest BCUT2D eigenvalue weighted by Gasteiger charge is 2.28. The summed E-state index contributed by atoms with van der Waals surface area (Å²) in [5.41, 5.74) is 1.90. The molecule has 154 valence electrons. The number of benzene rings is 1. The van der Waals surface area contributed by atoms with Crippen molar-refractivity contribution in [1.82, 2.24) is 15.6 Å². The molecule has 28 heavy (non-hydrogen) atoms. The molecule has 5 nitrogen and oxygen atoms in total. The Hall–Kier alpha value is -2.04. The minimum Gasteiger partial charge on any atom is -0.468 e. The first-order valence-corrected chi connectivity index (χ1v) is 8.61. The molecule has 0 bridgehead atoms. The first-order valence-electron chi connectivity index (χ1n) is 8.61. The van der Waals surface area contributed by atoms with Crippen LogP contribution in [0.5, 0.6) is 5.88 Å². The molecule has 0 saturated heterocycles. The number of nitrogens with one attached hydrogen (secondary N) is 2. The van der Waals surface area contributed by atoms with E-state index in [2.05, 4.69) is 25.3 Å². The first-order chi connectivity index (χ1) is 12.9. The van der Waals surface area contributed by atoms with E-state index in [1.165, 1.54) is 12.3 Å². The molecule has 2 rings (SSSR count). The van der Waals surface area contributed by atoms with Crippen molar-refractivity contribution in [3.05, 3.63) is 59.8 Å². The van der Waals surface area contributed by atoms with Crippen LogP contribution in [0.4, 0.5) is 13.2 Å². The van der Waals surface area contributed by atoms with Gasteiger partial charge in [-0.2, -0.15) is 13.2 Å². The van der Waals surface area contributed by atoms with Crippen LogP contribution in [0.1, 0.15) is 31.0 Å². The lowest BCUT2D eigenvalue weighted by atomic mass is 10.1. The minimum absolute atomic E-state index is 0. The van der Waals surface area contributed by atoms with Crippen molar-refractivity contribution >= 4 is 29.9 Å². The van der Waals surface area contributed by atoms with Gasteiger partial charge in [0.15, 0.2) is 12.6 Å². The van der Waals surface area contributed by atoms with E-state index in [1.54, 1.807) is 6.07 Å². The topological polar surface area (TPSA) is 58.5 Å². The van der Waals surface area contributed by atoms with Gasteiger partial charge in [0.2, 0.25) is 5.88 Å². The number of hydrogen-bond donors (Lipinski definition) is 2. The fourth-order valence-corrected chi connectivity index (χ4v) is 2.27. The molecule has 0 spiro atoms. The molecule has 0 radical (unpaired) electrons. The van der Waals surface area contributed by atoms with Gasteiger partial charge in [0.25, 0.3) is 0 Å². The molecule has 2 N–H and O–H groups in total. The van der Waals surface area contributed by atoms with Crippen LogP contribution in [0.15, 0.2) is 53.7 Å². The van der Waals surface area contributed by atoms with Crippen LogP contribution >= 0.6 is 24.0 Å². The monoisotopic (exact) mass is 508 g/mol. The van der Waals surface area contributed by atoms with Gasteiger partial charge in [-0.15, -0.1) is 24.0 Å². The molecular weight excluding hydrogens is 484 g/mol. The average Bonchev–Trinajstić information content (AvgIpc) is 2.65. The number of pyridine rings is 1. The zero-order chi connectivity index (χ0) is 19.7. The summed E-state index contributed by atoms with van der Waals surface area (Å²) in [6, 6.07) is 13.1. The number of nitrogens with zero attached hydrogens (tertiary/aromatic N) is 2. The number of hydrogen-bond acceptors (Lipinski definition) is 3. The molecule has 0 saturated carbocycles. The van der Waals surface area contributed by atoms with Gasteiger partial charge in [0.05, 0.1) is 12.6 Å². The number of guanidine groups is 1. The van der Waals surface area contributed by atoms with Crippen LogP contribution in [0.25, 0.3) is 0 Å². The van der Waals surface area contributed by atoms with E-state index < -0.39 is 12.8 Å². The van der Waals surface area contributed by atoms with Gasteiger partial charge >= 0.3 is 6.18 Å². The fourth-order valence-electron chi connectivity index (χ4n) is 2.27. The van der Waals surface area contributed by atoms with Crippen LogP contribution in [0.2, 0.25) is 0 Å². The third kappa shape index (κ3) is 8.77. The molecule has 1 aromatic heterocycles. The van der Waals surface area contributed by atoms with Crippen LogP contribution < -0.4 is 15.4 Å². The van der Waals surface area contributed by atoms with E-state index in [0.29, 0.717) is 19.0 Å². The molecule has 1 heterocycles. The Labute approximate surface area is 179 Å². The maximum Gasteiger partial charge on any atom is 0.422 e. The molecule has 0 aliphatic heterocycles. The Balaban J connectivity index is 0.00000392. The van der Waals surface area contributed by atoms with Crippen LogP contribution in [0.3, 0.4) is 0 Å². The fraction of sp³-hybridized carbons (Fsp3) is 0.368. The third-order valence-electron chi connectivity index (χ3n) is 3.60. The van der Waals surface area contributed by atoms with E-state index in [0.717, 1.165) is 11.1 Å². The Kier molecular flexibility index (Phi) is 10.0. The summed E-state index contributed by atoms with van der Waals surface area (Å²) < 4.78 is 41.0. The van der Waals surface area contributed by atoms with E-state index in [-0.39, 0.29) is 35.9 Å². The number of rotatable bonds is 7. The summed E-state index contributed by atoms with van der Waals surface area (Å²) in [6.07, 6.45) is -2.92. The highest BCUT2D eigenvalue weighted by Crippen LogP contribution is 2.17. The van der Waals surface area contributed by atoms with Crippen molar-refractivity contribution in [2.45, 2.75) is 32.6 Å². The summed E-state index contributed by atoms with van der Waals surface area (Å²) in [5.74, 6) is 0.578. The molecule has 0 fully saturated rings. The molecule has 1 atom stereocenters. The van der Waals surface area contributed by atoms with Gasteiger partial charge in [0.1, 0.15) is 0 Å². The number of ether oxygens (including phenoxy) is 1. The second-order valence-electron chi connectivity index (χ2n) is 5.88. The van der Waals surface area contributed by atoms with Crippen molar-refractivity contribution < 1.29 is 17.9 Å². The summed E-state index contributed by atoms with van der Waals surface area (Å²) in [4.78, 5) is 8.38. The number of aromatic nitrogens is 1. The molecule has 1 unspecified atom stereocenters. The molecule has 0 aliphatic carbocycles. The van der Waals surface area contributed by atoms with Gasteiger partial charge in [-0.1, -0.05) is 36.4 Å². The molecule has 0 aliphatic rings. The lowest BCUT2D eigenvalue weighted by Crippen LogP contribution is -2.38. The van der Waals surface area contributed by atoms with Crippen molar-refractivity contribution in [3.63, 3.8) is 0 Å². The summed E-state index contributed by atoms with van der Waals surface area (Å²) in [6.45, 7) is 3.69. The van der Waals surface area contributed by atoms with Gasteiger partial charge in [-0.25, -0.2) is 9.98 Å². The Morgan fingerprint density at radius 3 is 2.46 bits per heavy atom. The van der Waals surface area contributed by atoms with Gasteiger partial charge in [0, 0.05) is 18.8 Å². The molecule has 1 aromatic carbocycles. The highest BCUT2D eigenvalue weighted by molar-refractivity contribution is 14.0. The first kappa shape index (κ1) is 24.0. The van der Waals surface area contributed by atoms with Crippen molar-refractivity contribution in [3.8, 4) is 5.88 Å². The van der Waals surface area contributed by atoms with E-state index in [1.807, 2.05) is 44.2 Å². The average molecular weight is 508 g/mol. The largest absolute Gasteiger partial charge is 0.468 e.